The second-order valence-electron chi connectivity index (χ2n) is 6.30. The van der Waals surface area contributed by atoms with Crippen LogP contribution < -0.4 is 5.32 Å². The van der Waals surface area contributed by atoms with Gasteiger partial charge in [0.25, 0.3) is 0 Å². The Balaban J connectivity index is 1.84. The third-order valence-electron chi connectivity index (χ3n) is 3.92. The normalized spacial score (nSPS) is 28.2. The van der Waals surface area contributed by atoms with Crippen molar-refractivity contribution >= 4 is 0 Å². The molecule has 1 heterocycles. The summed E-state index contributed by atoms with van der Waals surface area (Å²) in [6.45, 7) is 9.86. The number of hydrogen-bond acceptors (Lipinski definition) is 3. The molecule has 0 spiro atoms. The van der Waals surface area contributed by atoms with Gasteiger partial charge in [-0.05, 0) is 37.5 Å². The summed E-state index contributed by atoms with van der Waals surface area (Å²) in [6, 6.07) is 2.63. The van der Waals surface area contributed by atoms with Crippen molar-refractivity contribution in [3.05, 3.63) is 17.5 Å². The van der Waals surface area contributed by atoms with Crippen LogP contribution in [0.5, 0.6) is 0 Å². The SMILES string of the molecule is Cc1cc(CNC2CCC(C)(C)CC2C)no1. The maximum atomic E-state index is 5.07. The molecule has 0 aliphatic heterocycles. The zero-order chi connectivity index (χ0) is 12.5. The van der Waals surface area contributed by atoms with Gasteiger partial charge in [0, 0.05) is 18.7 Å². The van der Waals surface area contributed by atoms with Crippen molar-refractivity contribution < 1.29 is 4.52 Å². The van der Waals surface area contributed by atoms with E-state index in [0.717, 1.165) is 23.9 Å². The largest absolute Gasteiger partial charge is 0.361 e. The van der Waals surface area contributed by atoms with E-state index < -0.39 is 0 Å². The first-order valence-corrected chi connectivity index (χ1v) is 6.62. The molecule has 2 unspecified atom stereocenters. The molecule has 1 fully saturated rings. The van der Waals surface area contributed by atoms with E-state index in [4.69, 9.17) is 4.52 Å². The van der Waals surface area contributed by atoms with Gasteiger partial charge in [0.15, 0.2) is 0 Å². The molecule has 1 aromatic rings. The fourth-order valence-electron chi connectivity index (χ4n) is 2.99. The van der Waals surface area contributed by atoms with Gasteiger partial charge in [-0.15, -0.1) is 0 Å². The van der Waals surface area contributed by atoms with Crippen LogP contribution in [0, 0.1) is 18.3 Å². The van der Waals surface area contributed by atoms with Crippen molar-refractivity contribution in [3.63, 3.8) is 0 Å². The molecule has 3 nitrogen and oxygen atoms in total. The van der Waals surface area contributed by atoms with Gasteiger partial charge in [-0.3, -0.25) is 0 Å². The first-order valence-electron chi connectivity index (χ1n) is 6.62. The predicted octanol–water partition coefficient (Wildman–Crippen LogP) is 3.29. The van der Waals surface area contributed by atoms with E-state index in [-0.39, 0.29) is 0 Å². The first-order chi connectivity index (χ1) is 7.96. The maximum Gasteiger partial charge on any atom is 0.133 e. The number of nitrogens with zero attached hydrogens (tertiary/aromatic N) is 1. The Morgan fingerprint density at radius 2 is 2.29 bits per heavy atom. The number of aromatic nitrogens is 1. The van der Waals surface area contributed by atoms with E-state index in [1.807, 2.05) is 13.0 Å². The van der Waals surface area contributed by atoms with Gasteiger partial charge in [0.1, 0.15) is 5.76 Å². The summed E-state index contributed by atoms with van der Waals surface area (Å²) >= 11 is 0. The highest BCUT2D eigenvalue weighted by Crippen LogP contribution is 2.38. The standard InChI is InChI=1S/C14H24N2O/c1-10-8-14(3,4)6-5-13(10)15-9-12-7-11(2)17-16-12/h7,10,13,15H,5-6,8-9H2,1-4H3. The summed E-state index contributed by atoms with van der Waals surface area (Å²) < 4.78 is 5.07. The summed E-state index contributed by atoms with van der Waals surface area (Å²) in [5.74, 6) is 1.63. The highest BCUT2D eigenvalue weighted by Gasteiger charge is 2.31. The molecule has 2 atom stereocenters. The molecule has 3 heteroatoms. The molecule has 0 saturated heterocycles. The van der Waals surface area contributed by atoms with Crippen LogP contribution in [-0.4, -0.2) is 11.2 Å². The monoisotopic (exact) mass is 236 g/mol. The molecule has 2 rings (SSSR count). The minimum absolute atomic E-state index is 0.516. The molecule has 96 valence electrons. The summed E-state index contributed by atoms with van der Waals surface area (Å²) in [4.78, 5) is 0. The Hall–Kier alpha value is -0.830. The van der Waals surface area contributed by atoms with Crippen LogP contribution in [0.3, 0.4) is 0 Å². The number of nitrogens with one attached hydrogen (secondary N) is 1. The van der Waals surface area contributed by atoms with Crippen molar-refractivity contribution in [1.82, 2.24) is 10.5 Å². The van der Waals surface area contributed by atoms with Crippen molar-refractivity contribution in [2.45, 2.75) is 59.5 Å². The Bertz CT molecular complexity index is 370. The maximum absolute atomic E-state index is 5.07. The highest BCUT2D eigenvalue weighted by molar-refractivity contribution is 5.03. The molecule has 1 saturated carbocycles. The van der Waals surface area contributed by atoms with E-state index in [2.05, 4.69) is 31.2 Å². The average molecular weight is 236 g/mol. The van der Waals surface area contributed by atoms with Gasteiger partial charge >= 0.3 is 0 Å². The molecule has 1 N–H and O–H groups in total. The second-order valence-corrected chi connectivity index (χ2v) is 6.30. The van der Waals surface area contributed by atoms with E-state index in [0.29, 0.717) is 11.5 Å². The number of rotatable bonds is 3. The Morgan fingerprint density at radius 3 is 2.88 bits per heavy atom. The van der Waals surface area contributed by atoms with Crippen LogP contribution in [0.4, 0.5) is 0 Å². The topological polar surface area (TPSA) is 38.1 Å². The summed E-state index contributed by atoms with van der Waals surface area (Å²) in [5.41, 5.74) is 1.53. The van der Waals surface area contributed by atoms with Crippen LogP contribution in [-0.2, 0) is 6.54 Å². The van der Waals surface area contributed by atoms with Gasteiger partial charge in [0.05, 0.1) is 5.69 Å². The molecule has 0 aromatic carbocycles. The van der Waals surface area contributed by atoms with E-state index >= 15 is 0 Å². The summed E-state index contributed by atoms with van der Waals surface area (Å²) in [5, 5.41) is 7.63. The molecular weight excluding hydrogens is 212 g/mol. The fourth-order valence-corrected chi connectivity index (χ4v) is 2.99. The lowest BCUT2D eigenvalue weighted by Gasteiger charge is -2.39. The van der Waals surface area contributed by atoms with Crippen LogP contribution in [0.2, 0.25) is 0 Å². The van der Waals surface area contributed by atoms with Crippen molar-refractivity contribution in [2.24, 2.45) is 11.3 Å². The average Bonchev–Trinajstić information content (AvgIpc) is 2.62. The minimum Gasteiger partial charge on any atom is -0.361 e. The minimum atomic E-state index is 0.516. The van der Waals surface area contributed by atoms with Crippen LogP contribution in [0.15, 0.2) is 10.6 Å². The molecule has 1 aromatic heterocycles. The smallest absolute Gasteiger partial charge is 0.133 e. The lowest BCUT2D eigenvalue weighted by atomic mass is 9.70. The van der Waals surface area contributed by atoms with Crippen LogP contribution in [0.25, 0.3) is 0 Å². The third kappa shape index (κ3) is 3.32. The van der Waals surface area contributed by atoms with E-state index in [1.54, 1.807) is 0 Å². The molecule has 1 aliphatic rings. The lowest BCUT2D eigenvalue weighted by molar-refractivity contribution is 0.148. The number of aryl methyl sites for hydroxylation is 1. The molecular formula is C14H24N2O. The van der Waals surface area contributed by atoms with Crippen molar-refractivity contribution in [2.75, 3.05) is 0 Å². The third-order valence-corrected chi connectivity index (χ3v) is 3.92. The van der Waals surface area contributed by atoms with Crippen molar-refractivity contribution in [1.29, 1.82) is 0 Å². The number of hydrogen-bond donors (Lipinski definition) is 1. The van der Waals surface area contributed by atoms with Gasteiger partial charge in [-0.1, -0.05) is 25.9 Å². The Kier molecular flexibility index (Phi) is 3.57. The zero-order valence-corrected chi connectivity index (χ0v) is 11.4. The predicted molar refractivity (Wildman–Crippen MR) is 68.7 cm³/mol. The van der Waals surface area contributed by atoms with E-state index in [9.17, 15) is 0 Å². The molecule has 0 amide bonds. The first kappa shape index (κ1) is 12.6. The quantitative estimate of drug-likeness (QED) is 0.875. The van der Waals surface area contributed by atoms with Crippen LogP contribution in [0.1, 0.15) is 51.5 Å². The molecule has 1 aliphatic carbocycles. The summed E-state index contributed by atoms with van der Waals surface area (Å²) in [7, 11) is 0. The van der Waals surface area contributed by atoms with Crippen LogP contribution >= 0.6 is 0 Å². The van der Waals surface area contributed by atoms with Crippen molar-refractivity contribution in [3.8, 4) is 0 Å². The van der Waals surface area contributed by atoms with Gasteiger partial charge in [0.2, 0.25) is 0 Å². The molecule has 0 radical (unpaired) electrons. The second kappa shape index (κ2) is 4.81. The molecule has 0 bridgehead atoms. The van der Waals surface area contributed by atoms with Gasteiger partial charge < -0.3 is 9.84 Å². The summed E-state index contributed by atoms with van der Waals surface area (Å²) in [6.07, 6.45) is 3.89. The Morgan fingerprint density at radius 1 is 1.53 bits per heavy atom. The van der Waals surface area contributed by atoms with Gasteiger partial charge in [-0.2, -0.15) is 0 Å². The highest BCUT2D eigenvalue weighted by atomic mass is 16.5. The lowest BCUT2D eigenvalue weighted by Crippen LogP contribution is -2.41. The van der Waals surface area contributed by atoms with Gasteiger partial charge in [-0.25, -0.2) is 0 Å². The van der Waals surface area contributed by atoms with E-state index in [1.165, 1.54) is 19.3 Å². The zero-order valence-electron chi connectivity index (χ0n) is 11.4. The fraction of sp³-hybridized carbons (Fsp3) is 0.786. The Labute approximate surface area is 104 Å². The molecule has 17 heavy (non-hydrogen) atoms.